The van der Waals surface area contributed by atoms with Crippen LogP contribution in [0.15, 0.2) is 58.8 Å². The van der Waals surface area contributed by atoms with Crippen LogP contribution in [0.5, 0.6) is 0 Å². The lowest BCUT2D eigenvalue weighted by atomic mass is 9.86. The minimum Gasteiger partial charge on any atom is -0.187 e. The molecule has 5 heteroatoms. The van der Waals surface area contributed by atoms with E-state index < -0.39 is 0 Å². The molecule has 4 rings (SSSR count). The molecule has 2 heterocycles. The van der Waals surface area contributed by atoms with Gasteiger partial charge in [0.15, 0.2) is 5.82 Å². The third-order valence-corrected chi connectivity index (χ3v) is 5.50. The molecule has 0 N–H and O–H groups in total. The summed E-state index contributed by atoms with van der Waals surface area (Å²) in [6.07, 6.45) is 0. The van der Waals surface area contributed by atoms with Crippen LogP contribution >= 0.6 is 11.8 Å². The van der Waals surface area contributed by atoms with Crippen molar-refractivity contribution in [3.63, 3.8) is 0 Å². The maximum absolute atomic E-state index is 4.85. The average Bonchev–Trinajstić information content (AvgIpc) is 3.05. The third-order valence-electron chi connectivity index (χ3n) is 4.56. The maximum Gasteiger partial charge on any atom is 0.212 e. The highest BCUT2D eigenvalue weighted by Crippen LogP contribution is 2.29. The zero-order chi connectivity index (χ0) is 18.3. The number of thioether (sulfide) groups is 1. The van der Waals surface area contributed by atoms with Crippen molar-refractivity contribution in [3.05, 3.63) is 65.2 Å². The van der Waals surface area contributed by atoms with Gasteiger partial charge in [0.1, 0.15) is 0 Å². The van der Waals surface area contributed by atoms with E-state index in [-0.39, 0.29) is 5.41 Å². The summed E-state index contributed by atoms with van der Waals surface area (Å²) in [7, 11) is 0. The van der Waals surface area contributed by atoms with E-state index >= 15 is 0 Å². The summed E-state index contributed by atoms with van der Waals surface area (Å²) >= 11 is 1.68. The summed E-state index contributed by atoms with van der Waals surface area (Å²) < 4.78 is 1.87. The van der Waals surface area contributed by atoms with Crippen molar-refractivity contribution in [1.82, 2.24) is 14.9 Å². The Hall–Kier alpha value is -2.40. The van der Waals surface area contributed by atoms with Gasteiger partial charge in [0, 0.05) is 11.3 Å². The second-order valence-corrected chi connectivity index (χ2v) is 8.59. The predicted molar refractivity (Wildman–Crippen MR) is 108 cm³/mol. The summed E-state index contributed by atoms with van der Waals surface area (Å²) in [5.74, 6) is 1.59. The molecule has 0 fully saturated rings. The van der Waals surface area contributed by atoms with Gasteiger partial charge in [-0.3, -0.25) is 0 Å². The van der Waals surface area contributed by atoms with Crippen molar-refractivity contribution in [2.75, 3.05) is 5.75 Å². The van der Waals surface area contributed by atoms with Gasteiger partial charge in [-0.2, -0.15) is 9.78 Å². The molecule has 0 amide bonds. The smallest absolute Gasteiger partial charge is 0.187 e. The Kier molecular flexibility index (Phi) is 4.19. The second-order valence-electron chi connectivity index (χ2n) is 7.65. The molecule has 2 aromatic carbocycles. The number of aryl methyl sites for hydroxylation is 1. The minimum absolute atomic E-state index is 0.154. The van der Waals surface area contributed by atoms with Crippen molar-refractivity contribution >= 4 is 17.5 Å². The molecule has 0 unspecified atom stereocenters. The summed E-state index contributed by atoms with van der Waals surface area (Å²) in [5.41, 5.74) is 5.95. The minimum atomic E-state index is 0.154. The van der Waals surface area contributed by atoms with Crippen molar-refractivity contribution in [3.8, 4) is 11.4 Å². The first kappa shape index (κ1) is 17.0. The summed E-state index contributed by atoms with van der Waals surface area (Å²) in [5, 5.41) is 14.4. The monoisotopic (exact) mass is 362 g/mol. The number of nitrogens with zero attached hydrogens (tertiary/aromatic N) is 4. The van der Waals surface area contributed by atoms with Crippen LogP contribution in [0.1, 0.15) is 37.5 Å². The molecule has 1 aromatic heterocycles. The summed E-state index contributed by atoms with van der Waals surface area (Å²) in [6, 6.07) is 17.0. The quantitative estimate of drug-likeness (QED) is 0.650. The molecule has 0 saturated heterocycles. The highest BCUT2D eigenvalue weighted by molar-refractivity contribution is 7.99. The van der Waals surface area contributed by atoms with Crippen molar-refractivity contribution < 1.29 is 0 Å². The van der Waals surface area contributed by atoms with E-state index in [9.17, 15) is 0 Å². The molecule has 0 radical (unpaired) electrons. The van der Waals surface area contributed by atoms with Gasteiger partial charge in [-0.1, -0.05) is 86.6 Å². The lowest BCUT2D eigenvalue weighted by molar-refractivity contribution is 0.590. The standard InChI is InChI=1S/C21H22N4S/c1-14-5-7-16(8-6-14)19-22-23-20-25(19)24-18(13-26-20)15-9-11-17(12-10-15)21(2,3)4/h5-12H,13H2,1-4H3. The molecule has 26 heavy (non-hydrogen) atoms. The number of hydrogen-bond donors (Lipinski definition) is 0. The predicted octanol–water partition coefficient (Wildman–Crippen LogP) is 4.91. The zero-order valence-corrected chi connectivity index (χ0v) is 16.3. The Morgan fingerprint density at radius 2 is 1.54 bits per heavy atom. The Balaban J connectivity index is 1.71. The van der Waals surface area contributed by atoms with E-state index in [0.29, 0.717) is 0 Å². The Morgan fingerprint density at radius 1 is 0.885 bits per heavy atom. The van der Waals surface area contributed by atoms with Crippen LogP contribution in [0, 0.1) is 6.92 Å². The number of rotatable bonds is 2. The van der Waals surface area contributed by atoms with Crippen molar-refractivity contribution in [1.29, 1.82) is 0 Å². The summed E-state index contributed by atoms with van der Waals surface area (Å²) in [4.78, 5) is 0. The van der Waals surface area contributed by atoms with Crippen LogP contribution in [-0.4, -0.2) is 26.3 Å². The van der Waals surface area contributed by atoms with E-state index in [4.69, 9.17) is 5.10 Å². The molecular formula is C21H22N4S. The van der Waals surface area contributed by atoms with Gasteiger partial charge in [-0.25, -0.2) is 0 Å². The third kappa shape index (κ3) is 3.19. The van der Waals surface area contributed by atoms with Gasteiger partial charge in [-0.05, 0) is 23.5 Å². The fraction of sp³-hybridized carbons (Fsp3) is 0.286. The SMILES string of the molecule is Cc1ccc(-c2nnc3n2N=C(c2ccc(C(C)(C)C)cc2)CS3)cc1. The van der Waals surface area contributed by atoms with E-state index in [0.717, 1.165) is 33.6 Å². The highest BCUT2D eigenvalue weighted by Gasteiger charge is 2.21. The largest absolute Gasteiger partial charge is 0.212 e. The van der Waals surface area contributed by atoms with E-state index in [1.807, 2.05) is 4.68 Å². The van der Waals surface area contributed by atoms with Gasteiger partial charge in [0.25, 0.3) is 0 Å². The maximum atomic E-state index is 4.85. The van der Waals surface area contributed by atoms with Gasteiger partial charge in [-0.15, -0.1) is 10.2 Å². The van der Waals surface area contributed by atoms with Crippen LogP contribution in [0.4, 0.5) is 0 Å². The molecule has 0 bridgehead atoms. The number of fused-ring (bicyclic) bond motifs is 1. The Bertz CT molecular complexity index is 961. The van der Waals surface area contributed by atoms with Crippen molar-refractivity contribution in [2.45, 2.75) is 38.3 Å². The molecule has 132 valence electrons. The fourth-order valence-corrected chi connectivity index (χ4v) is 3.75. The molecule has 4 nitrogen and oxygen atoms in total. The van der Waals surface area contributed by atoms with Crippen LogP contribution in [-0.2, 0) is 5.41 Å². The first-order valence-electron chi connectivity index (χ1n) is 8.76. The Labute approximate surface area is 158 Å². The highest BCUT2D eigenvalue weighted by atomic mass is 32.2. The second kappa shape index (κ2) is 6.40. The molecule has 3 aromatic rings. The molecule has 0 atom stereocenters. The number of benzene rings is 2. The normalized spacial score (nSPS) is 14.1. The molecule has 0 aliphatic carbocycles. The first-order valence-corrected chi connectivity index (χ1v) is 9.74. The van der Waals surface area contributed by atoms with E-state index in [1.54, 1.807) is 11.8 Å². The van der Waals surface area contributed by atoms with Gasteiger partial charge < -0.3 is 0 Å². The van der Waals surface area contributed by atoms with Crippen LogP contribution in [0.2, 0.25) is 0 Å². The lowest BCUT2D eigenvalue weighted by Gasteiger charge is -2.20. The van der Waals surface area contributed by atoms with E-state index in [2.05, 4.69) is 86.4 Å². The van der Waals surface area contributed by atoms with Crippen LogP contribution in [0.25, 0.3) is 11.4 Å². The number of hydrogen-bond acceptors (Lipinski definition) is 4. The Morgan fingerprint density at radius 3 is 2.19 bits per heavy atom. The number of aromatic nitrogens is 3. The van der Waals surface area contributed by atoms with Crippen LogP contribution in [0.3, 0.4) is 0 Å². The molecule has 0 spiro atoms. The van der Waals surface area contributed by atoms with Gasteiger partial charge in [0.05, 0.1) is 5.71 Å². The van der Waals surface area contributed by atoms with Gasteiger partial charge >= 0.3 is 0 Å². The van der Waals surface area contributed by atoms with Crippen molar-refractivity contribution in [2.24, 2.45) is 5.10 Å². The topological polar surface area (TPSA) is 43.1 Å². The zero-order valence-electron chi connectivity index (χ0n) is 15.5. The molecular weight excluding hydrogens is 340 g/mol. The van der Waals surface area contributed by atoms with E-state index in [1.165, 1.54) is 11.1 Å². The molecule has 0 saturated carbocycles. The summed E-state index contributed by atoms with van der Waals surface area (Å²) in [6.45, 7) is 8.77. The van der Waals surface area contributed by atoms with Crippen LogP contribution < -0.4 is 0 Å². The lowest BCUT2D eigenvalue weighted by Crippen LogP contribution is -2.15. The first-order chi connectivity index (χ1) is 12.4. The van der Waals surface area contributed by atoms with Gasteiger partial charge in [0.2, 0.25) is 5.16 Å². The molecule has 1 aliphatic heterocycles. The average molecular weight is 363 g/mol. The molecule has 1 aliphatic rings. The fourth-order valence-electron chi connectivity index (χ4n) is 2.91.